The van der Waals surface area contributed by atoms with Crippen LogP contribution in [0.3, 0.4) is 0 Å². The number of ketones is 1. The van der Waals surface area contributed by atoms with Gasteiger partial charge in [-0.3, -0.25) is 9.36 Å². The van der Waals surface area contributed by atoms with Crippen LogP contribution >= 0.6 is 7.60 Å². The Labute approximate surface area is 75.1 Å². The van der Waals surface area contributed by atoms with Crippen molar-refractivity contribution in [1.82, 2.24) is 0 Å². The molecule has 4 nitrogen and oxygen atoms in total. The van der Waals surface area contributed by atoms with E-state index in [0.29, 0.717) is 0 Å². The Morgan fingerprint density at radius 3 is 1.89 bits per heavy atom. The summed E-state index contributed by atoms with van der Waals surface area (Å²) in [7, 11) is -4.07. The monoisotopic (exact) mass is 161 g/mol. The second-order valence-electron chi connectivity index (χ2n) is 1.52. The summed E-state index contributed by atoms with van der Waals surface area (Å²) in [5.41, 5.74) is 0. The van der Waals surface area contributed by atoms with Crippen LogP contribution in [0.1, 0.15) is 6.92 Å². The SMILES string of the molecule is CC(=O)CP(=O)(O)O.[Na+]. The van der Waals surface area contributed by atoms with Gasteiger partial charge in [0.05, 0.1) is 0 Å². The van der Waals surface area contributed by atoms with Crippen molar-refractivity contribution in [2.24, 2.45) is 0 Å². The van der Waals surface area contributed by atoms with Gasteiger partial charge in [-0.25, -0.2) is 0 Å². The van der Waals surface area contributed by atoms with E-state index in [-0.39, 0.29) is 29.6 Å². The molecule has 0 rings (SSSR count). The summed E-state index contributed by atoms with van der Waals surface area (Å²) in [6.07, 6.45) is -0.646. The molecule has 0 spiro atoms. The fraction of sp³-hybridized carbons (Fsp3) is 0.667. The van der Waals surface area contributed by atoms with Gasteiger partial charge in [-0.15, -0.1) is 0 Å². The zero-order valence-electron chi connectivity index (χ0n) is 5.37. The van der Waals surface area contributed by atoms with Crippen LogP contribution in [0.15, 0.2) is 0 Å². The van der Waals surface area contributed by atoms with Crippen LogP contribution < -0.4 is 29.6 Å². The Morgan fingerprint density at radius 1 is 1.56 bits per heavy atom. The van der Waals surface area contributed by atoms with Crippen molar-refractivity contribution in [1.29, 1.82) is 0 Å². The molecular weight excluding hydrogens is 154 g/mol. The van der Waals surface area contributed by atoms with Gasteiger partial charge in [0.25, 0.3) is 0 Å². The van der Waals surface area contributed by atoms with E-state index in [2.05, 4.69) is 0 Å². The van der Waals surface area contributed by atoms with Gasteiger partial charge >= 0.3 is 37.2 Å². The van der Waals surface area contributed by atoms with Crippen molar-refractivity contribution in [2.75, 3.05) is 6.16 Å². The molecule has 0 unspecified atom stereocenters. The summed E-state index contributed by atoms with van der Waals surface area (Å²) in [6.45, 7) is 1.14. The maximum atomic E-state index is 9.97. The summed E-state index contributed by atoms with van der Waals surface area (Å²) in [6, 6.07) is 0. The maximum absolute atomic E-state index is 9.97. The number of hydrogen-bond acceptors (Lipinski definition) is 2. The Kier molecular flexibility index (Phi) is 6.39. The largest absolute Gasteiger partial charge is 1.00 e. The Balaban J connectivity index is 0. The van der Waals surface area contributed by atoms with Crippen molar-refractivity contribution >= 4 is 13.4 Å². The minimum atomic E-state index is -4.07. The standard InChI is InChI=1S/C3H7O4P.Na/c1-3(4)2-8(5,6)7;/h2H2,1H3,(H2,5,6,7);/q;+1. The summed E-state index contributed by atoms with van der Waals surface area (Å²) < 4.78 is 9.92. The average molecular weight is 161 g/mol. The summed E-state index contributed by atoms with van der Waals surface area (Å²) >= 11 is 0. The Hall–Kier alpha value is 0.820. The van der Waals surface area contributed by atoms with E-state index in [1.54, 1.807) is 0 Å². The third kappa shape index (κ3) is 12.1. The first kappa shape index (κ1) is 12.5. The number of carbonyl (C=O) groups excluding carboxylic acids is 1. The molecule has 0 bridgehead atoms. The molecule has 0 amide bonds. The van der Waals surface area contributed by atoms with Crippen molar-refractivity contribution in [3.8, 4) is 0 Å². The fourth-order valence-electron chi connectivity index (χ4n) is 0.290. The van der Waals surface area contributed by atoms with Crippen LogP contribution in [-0.4, -0.2) is 21.7 Å². The number of rotatable bonds is 2. The topological polar surface area (TPSA) is 74.6 Å². The molecule has 0 fully saturated rings. The third-order valence-electron chi connectivity index (χ3n) is 0.429. The fourth-order valence-corrected chi connectivity index (χ4v) is 0.870. The van der Waals surface area contributed by atoms with E-state index in [9.17, 15) is 9.36 Å². The molecule has 0 atom stereocenters. The number of carbonyl (C=O) groups is 1. The first-order chi connectivity index (χ1) is 3.42. The first-order valence-electron chi connectivity index (χ1n) is 1.96. The second kappa shape index (κ2) is 4.61. The van der Waals surface area contributed by atoms with E-state index in [1.807, 2.05) is 0 Å². The average Bonchev–Trinajstić information content (AvgIpc) is 1.21. The second-order valence-corrected chi connectivity index (χ2v) is 3.17. The first-order valence-corrected chi connectivity index (χ1v) is 3.75. The molecule has 9 heavy (non-hydrogen) atoms. The van der Waals surface area contributed by atoms with Gasteiger partial charge in [0, 0.05) is 0 Å². The van der Waals surface area contributed by atoms with Crippen LogP contribution in [0.5, 0.6) is 0 Å². The Morgan fingerprint density at radius 2 is 1.89 bits per heavy atom. The molecule has 0 saturated heterocycles. The van der Waals surface area contributed by atoms with E-state index >= 15 is 0 Å². The van der Waals surface area contributed by atoms with Crippen LogP contribution in [0.4, 0.5) is 0 Å². The minimum absolute atomic E-state index is 0. The van der Waals surface area contributed by atoms with Gasteiger partial charge in [-0.2, -0.15) is 0 Å². The molecule has 0 aliphatic carbocycles. The molecule has 0 radical (unpaired) electrons. The van der Waals surface area contributed by atoms with E-state index in [4.69, 9.17) is 9.79 Å². The molecule has 0 aromatic heterocycles. The molecule has 0 heterocycles. The van der Waals surface area contributed by atoms with Gasteiger partial charge in [-0.05, 0) is 6.92 Å². The normalized spacial score (nSPS) is 10.1. The van der Waals surface area contributed by atoms with E-state index in [0.717, 1.165) is 6.92 Å². The summed E-state index contributed by atoms with van der Waals surface area (Å²) in [5, 5.41) is 0. The van der Waals surface area contributed by atoms with E-state index in [1.165, 1.54) is 0 Å². The predicted molar refractivity (Wildman–Crippen MR) is 27.6 cm³/mol. The summed E-state index contributed by atoms with van der Waals surface area (Å²) in [4.78, 5) is 26.1. The van der Waals surface area contributed by atoms with Crippen molar-refractivity contribution in [3.05, 3.63) is 0 Å². The molecule has 0 aliphatic rings. The van der Waals surface area contributed by atoms with Gasteiger partial charge < -0.3 is 9.79 Å². The summed E-state index contributed by atoms with van der Waals surface area (Å²) in [5.74, 6) is -0.488. The van der Waals surface area contributed by atoms with Crippen LogP contribution in [0.25, 0.3) is 0 Å². The van der Waals surface area contributed by atoms with Crippen molar-refractivity contribution < 1.29 is 48.7 Å². The van der Waals surface area contributed by atoms with E-state index < -0.39 is 19.5 Å². The quantitative estimate of drug-likeness (QED) is 0.329. The zero-order chi connectivity index (χ0) is 6.78. The number of Topliss-reactive ketones (excluding diaryl/α,β-unsaturated/α-hetero) is 1. The molecule has 0 aliphatic heterocycles. The van der Waals surface area contributed by atoms with Crippen LogP contribution in [-0.2, 0) is 9.36 Å². The van der Waals surface area contributed by atoms with Crippen molar-refractivity contribution in [2.45, 2.75) is 6.92 Å². The smallest absolute Gasteiger partial charge is 0.324 e. The number of hydrogen-bond donors (Lipinski definition) is 2. The Bertz CT molecular complexity index is 139. The molecular formula is C3H7NaO4P+. The van der Waals surface area contributed by atoms with Crippen LogP contribution in [0, 0.1) is 0 Å². The van der Waals surface area contributed by atoms with Gasteiger partial charge in [0.15, 0.2) is 0 Å². The molecule has 6 heteroatoms. The zero-order valence-corrected chi connectivity index (χ0v) is 8.26. The molecule has 48 valence electrons. The van der Waals surface area contributed by atoms with Gasteiger partial charge in [0.2, 0.25) is 0 Å². The maximum Gasteiger partial charge on any atom is 1.00 e. The van der Waals surface area contributed by atoms with Gasteiger partial charge in [-0.1, -0.05) is 0 Å². The van der Waals surface area contributed by atoms with Crippen LogP contribution in [0.2, 0.25) is 0 Å². The molecule has 0 saturated carbocycles. The third-order valence-corrected chi connectivity index (χ3v) is 1.29. The molecule has 0 aromatic carbocycles. The van der Waals surface area contributed by atoms with Crippen molar-refractivity contribution in [3.63, 3.8) is 0 Å². The molecule has 0 aromatic rings. The van der Waals surface area contributed by atoms with Gasteiger partial charge in [0.1, 0.15) is 11.9 Å². The minimum Gasteiger partial charge on any atom is -0.324 e. The predicted octanol–water partition coefficient (Wildman–Crippen LogP) is -3.24. The molecule has 2 N–H and O–H groups in total.